The molecule has 1 amide bonds. The van der Waals surface area contributed by atoms with Gasteiger partial charge in [0, 0.05) is 13.1 Å². The molecule has 0 N–H and O–H groups in total. The number of carbonyl (C=O) groups excluding carboxylic acids is 1. The Morgan fingerprint density at radius 1 is 0.818 bits per heavy atom. The number of rotatable bonds is 9. The molecule has 0 heterocycles. The van der Waals surface area contributed by atoms with Gasteiger partial charge in [0.05, 0.1) is 11.9 Å². The van der Waals surface area contributed by atoms with Gasteiger partial charge in [-0.05, 0) is 54.7 Å². The monoisotopic (exact) mass is 464 g/mol. The van der Waals surface area contributed by atoms with Crippen molar-refractivity contribution >= 4 is 21.6 Å². The van der Waals surface area contributed by atoms with Gasteiger partial charge in [-0.25, -0.2) is 8.42 Å². The normalized spacial score (nSPS) is 12.2. The lowest BCUT2D eigenvalue weighted by Crippen LogP contribution is -2.50. The van der Waals surface area contributed by atoms with Crippen LogP contribution in [0.3, 0.4) is 0 Å². The second kappa shape index (κ2) is 10.7. The number of aryl methyl sites for hydroxylation is 2. The first-order valence-electron chi connectivity index (χ1n) is 11.1. The van der Waals surface area contributed by atoms with Crippen molar-refractivity contribution in [2.24, 2.45) is 0 Å². The molecule has 0 radical (unpaired) electrons. The Kier molecular flexibility index (Phi) is 7.92. The van der Waals surface area contributed by atoms with Crippen LogP contribution in [0.2, 0.25) is 0 Å². The third-order valence-electron chi connectivity index (χ3n) is 5.80. The molecular weight excluding hydrogens is 432 g/mol. The lowest BCUT2D eigenvalue weighted by atomic mass is 10.1. The van der Waals surface area contributed by atoms with E-state index in [4.69, 9.17) is 0 Å². The highest BCUT2D eigenvalue weighted by molar-refractivity contribution is 7.92. The molecule has 6 heteroatoms. The first-order chi connectivity index (χ1) is 15.7. The van der Waals surface area contributed by atoms with Gasteiger partial charge in [0.1, 0.15) is 6.04 Å². The maximum absolute atomic E-state index is 13.9. The van der Waals surface area contributed by atoms with Crippen molar-refractivity contribution in [1.82, 2.24) is 4.90 Å². The molecule has 0 spiro atoms. The lowest BCUT2D eigenvalue weighted by Gasteiger charge is -2.34. The second-order valence-electron chi connectivity index (χ2n) is 8.42. The molecule has 0 aliphatic carbocycles. The third-order valence-corrected chi connectivity index (χ3v) is 6.98. The molecule has 33 heavy (non-hydrogen) atoms. The minimum atomic E-state index is -3.70. The van der Waals surface area contributed by atoms with E-state index in [9.17, 15) is 13.2 Å². The lowest BCUT2D eigenvalue weighted by molar-refractivity contribution is -0.133. The van der Waals surface area contributed by atoms with Gasteiger partial charge in [-0.15, -0.1) is 0 Å². The van der Waals surface area contributed by atoms with Gasteiger partial charge in [-0.3, -0.25) is 9.10 Å². The molecule has 3 rings (SSSR count). The highest BCUT2D eigenvalue weighted by atomic mass is 32.2. The van der Waals surface area contributed by atoms with Gasteiger partial charge < -0.3 is 4.90 Å². The summed E-state index contributed by atoms with van der Waals surface area (Å²) in [7, 11) is -3.70. The molecule has 3 aromatic rings. The zero-order chi connectivity index (χ0) is 24.0. The number of hydrogen-bond donors (Lipinski definition) is 0. The first-order valence-corrected chi connectivity index (χ1v) is 13.0. The molecule has 0 unspecified atom stereocenters. The van der Waals surface area contributed by atoms with E-state index in [1.54, 1.807) is 11.0 Å². The van der Waals surface area contributed by atoms with Crippen molar-refractivity contribution < 1.29 is 13.2 Å². The average Bonchev–Trinajstić information content (AvgIpc) is 2.79. The summed E-state index contributed by atoms with van der Waals surface area (Å²) in [6.45, 7) is 6.57. The fourth-order valence-corrected chi connectivity index (χ4v) is 5.13. The Morgan fingerprint density at radius 3 is 1.76 bits per heavy atom. The number of carbonyl (C=O) groups is 1. The Labute approximate surface area is 197 Å². The van der Waals surface area contributed by atoms with Crippen LogP contribution >= 0.6 is 0 Å². The van der Waals surface area contributed by atoms with Crippen LogP contribution in [0.5, 0.6) is 0 Å². The largest absolute Gasteiger partial charge is 0.332 e. The minimum absolute atomic E-state index is 0.214. The van der Waals surface area contributed by atoms with Crippen molar-refractivity contribution in [3.05, 3.63) is 101 Å². The van der Waals surface area contributed by atoms with Gasteiger partial charge in [0.2, 0.25) is 15.9 Å². The Bertz CT molecular complexity index is 1140. The van der Waals surface area contributed by atoms with E-state index in [0.717, 1.165) is 28.5 Å². The Hall–Kier alpha value is -3.12. The molecule has 5 nitrogen and oxygen atoms in total. The zero-order valence-electron chi connectivity index (χ0n) is 19.7. The fraction of sp³-hybridized carbons (Fsp3) is 0.296. The van der Waals surface area contributed by atoms with Crippen molar-refractivity contribution in [2.75, 3.05) is 10.6 Å². The predicted molar refractivity (Wildman–Crippen MR) is 134 cm³/mol. The van der Waals surface area contributed by atoms with E-state index in [1.165, 1.54) is 4.31 Å². The summed E-state index contributed by atoms with van der Waals surface area (Å²) in [4.78, 5) is 15.7. The maximum Gasteiger partial charge on any atom is 0.247 e. The Morgan fingerprint density at radius 2 is 1.33 bits per heavy atom. The van der Waals surface area contributed by atoms with Crippen LogP contribution in [0, 0.1) is 13.8 Å². The SMILES string of the molecule is CC[C@@H](C(=O)N(Cc1ccccc1)Cc1ccccc1)N(c1ccc(C)c(C)c1)S(C)(=O)=O. The molecule has 0 bridgehead atoms. The molecule has 0 fully saturated rings. The van der Waals surface area contributed by atoms with Crippen molar-refractivity contribution in [2.45, 2.75) is 46.3 Å². The van der Waals surface area contributed by atoms with Gasteiger partial charge in [0.15, 0.2) is 0 Å². The molecule has 0 saturated carbocycles. The smallest absolute Gasteiger partial charge is 0.247 e. The average molecular weight is 465 g/mol. The first kappa shape index (κ1) is 24.5. The molecule has 0 aliphatic rings. The minimum Gasteiger partial charge on any atom is -0.332 e. The molecular formula is C27H32N2O3S. The summed E-state index contributed by atoms with van der Waals surface area (Å²) in [5.41, 5.74) is 4.55. The van der Waals surface area contributed by atoms with Crippen molar-refractivity contribution in [3.63, 3.8) is 0 Å². The maximum atomic E-state index is 13.9. The third kappa shape index (κ3) is 6.23. The van der Waals surface area contributed by atoms with E-state index < -0.39 is 16.1 Å². The molecule has 1 atom stereocenters. The van der Waals surface area contributed by atoms with E-state index in [2.05, 4.69) is 0 Å². The van der Waals surface area contributed by atoms with Crippen LogP contribution in [-0.4, -0.2) is 31.5 Å². The number of amides is 1. The molecule has 0 aromatic heterocycles. The number of hydrogen-bond acceptors (Lipinski definition) is 3. The summed E-state index contributed by atoms with van der Waals surface area (Å²) in [5, 5.41) is 0. The zero-order valence-corrected chi connectivity index (χ0v) is 20.5. The summed E-state index contributed by atoms with van der Waals surface area (Å²) >= 11 is 0. The molecule has 0 saturated heterocycles. The van der Waals surface area contributed by atoms with Gasteiger partial charge in [0.25, 0.3) is 0 Å². The van der Waals surface area contributed by atoms with Crippen molar-refractivity contribution in [3.8, 4) is 0 Å². The summed E-state index contributed by atoms with van der Waals surface area (Å²) in [5.74, 6) is -0.214. The highest BCUT2D eigenvalue weighted by Crippen LogP contribution is 2.26. The Balaban J connectivity index is 2.01. The number of nitrogens with zero attached hydrogens (tertiary/aromatic N) is 2. The molecule has 0 aliphatic heterocycles. The predicted octanol–water partition coefficient (Wildman–Crippen LogP) is 5.08. The molecule has 174 valence electrons. The quantitative estimate of drug-likeness (QED) is 0.444. The second-order valence-corrected chi connectivity index (χ2v) is 10.3. The van der Waals surface area contributed by atoms with Gasteiger partial charge in [-0.2, -0.15) is 0 Å². The summed E-state index contributed by atoms with van der Waals surface area (Å²) < 4.78 is 27.1. The van der Waals surface area contributed by atoms with Gasteiger partial charge in [-0.1, -0.05) is 73.7 Å². The van der Waals surface area contributed by atoms with Gasteiger partial charge >= 0.3 is 0 Å². The van der Waals surface area contributed by atoms with E-state index in [1.807, 2.05) is 93.6 Å². The van der Waals surface area contributed by atoms with E-state index in [0.29, 0.717) is 25.2 Å². The van der Waals surface area contributed by atoms with E-state index in [-0.39, 0.29) is 5.91 Å². The molecule has 3 aromatic carbocycles. The number of sulfonamides is 1. The standard InChI is InChI=1S/C27H32N2O3S/c1-5-26(29(33(4,31)32)25-17-16-21(2)22(3)18-25)27(30)28(19-23-12-8-6-9-13-23)20-24-14-10-7-11-15-24/h6-18,26H,5,19-20H2,1-4H3/t26-/m0/s1. The van der Waals surface area contributed by atoms with Crippen LogP contribution in [-0.2, 0) is 27.9 Å². The fourth-order valence-electron chi connectivity index (χ4n) is 3.94. The number of anilines is 1. The van der Waals surface area contributed by atoms with Crippen LogP contribution < -0.4 is 4.31 Å². The topological polar surface area (TPSA) is 57.7 Å². The van der Waals surface area contributed by atoms with Crippen LogP contribution in [0.25, 0.3) is 0 Å². The van der Waals surface area contributed by atoms with Crippen molar-refractivity contribution in [1.29, 1.82) is 0 Å². The summed E-state index contributed by atoms with van der Waals surface area (Å²) in [6, 6.07) is 24.2. The van der Waals surface area contributed by atoms with Crippen LogP contribution in [0.15, 0.2) is 78.9 Å². The van der Waals surface area contributed by atoms with Crippen LogP contribution in [0.1, 0.15) is 35.6 Å². The van der Waals surface area contributed by atoms with E-state index >= 15 is 0 Å². The van der Waals surface area contributed by atoms with Crippen LogP contribution in [0.4, 0.5) is 5.69 Å². The highest BCUT2D eigenvalue weighted by Gasteiger charge is 2.34. The number of benzene rings is 3. The summed E-state index contributed by atoms with van der Waals surface area (Å²) in [6.07, 6.45) is 1.52.